The zero-order valence-corrected chi connectivity index (χ0v) is 18.4. The van der Waals surface area contributed by atoms with Gasteiger partial charge in [0.25, 0.3) is 0 Å². The van der Waals surface area contributed by atoms with Gasteiger partial charge in [0, 0.05) is 0 Å². The highest BCUT2D eigenvalue weighted by atomic mass is 16.5. The molecule has 1 amide bonds. The van der Waals surface area contributed by atoms with Crippen LogP contribution in [0.4, 0.5) is 5.69 Å². The monoisotopic (exact) mass is 408 g/mol. The molecule has 4 fully saturated rings. The normalized spacial score (nSPS) is 32.3. The molecule has 1 heterocycles. The largest absolute Gasteiger partial charge is 0.495 e. The van der Waals surface area contributed by atoms with E-state index in [0.717, 1.165) is 37.8 Å². The lowest BCUT2D eigenvalue weighted by atomic mass is 9.46. The molecule has 1 aromatic heterocycles. The Morgan fingerprint density at radius 1 is 1.20 bits per heavy atom. The number of hydrogen-bond acceptors (Lipinski definition) is 4. The van der Waals surface area contributed by atoms with Crippen LogP contribution >= 0.6 is 0 Å². The standard InChI is InChI=1S/C24H32N4O2/c1-22(2,3)18-5-6-20(30-4)19(8-18)27-21(29)23-9-16-7-17(10-23)12-24(11-16,13-23)28-15-25-14-26-28/h5-6,8,14-17H,7,9-13H2,1-4H3,(H,27,29)/t16-,17-,23?,24?/m1/s1. The fourth-order valence-electron chi connectivity index (χ4n) is 6.73. The van der Waals surface area contributed by atoms with E-state index < -0.39 is 0 Å². The number of ether oxygens (including phenoxy) is 1. The molecule has 1 N–H and O–H groups in total. The first-order valence-corrected chi connectivity index (χ1v) is 11.1. The highest BCUT2D eigenvalue weighted by Crippen LogP contribution is 2.64. The van der Waals surface area contributed by atoms with Crippen molar-refractivity contribution in [3.8, 4) is 5.75 Å². The van der Waals surface area contributed by atoms with Crippen molar-refractivity contribution in [2.45, 2.75) is 70.3 Å². The summed E-state index contributed by atoms with van der Waals surface area (Å²) in [5.74, 6) is 2.03. The van der Waals surface area contributed by atoms with Gasteiger partial charge in [0.1, 0.15) is 18.4 Å². The molecule has 6 heteroatoms. The SMILES string of the molecule is COc1ccc(C(C)(C)C)cc1NC(=O)C12C[C@H]3C[C@H](C1)CC(n1cncn1)(C3)C2. The van der Waals surface area contributed by atoms with Crippen LogP contribution in [0.5, 0.6) is 5.75 Å². The lowest BCUT2D eigenvalue weighted by molar-refractivity contribution is -0.150. The van der Waals surface area contributed by atoms with Gasteiger partial charge >= 0.3 is 0 Å². The first kappa shape index (κ1) is 19.6. The fraction of sp³-hybridized carbons (Fsp3) is 0.625. The molecule has 6 rings (SSSR count). The van der Waals surface area contributed by atoms with Crippen LogP contribution in [-0.4, -0.2) is 27.8 Å². The number of nitrogens with one attached hydrogen (secondary N) is 1. The molecule has 0 spiro atoms. The Labute approximate surface area is 178 Å². The van der Waals surface area contributed by atoms with Crippen molar-refractivity contribution < 1.29 is 9.53 Å². The third-order valence-corrected chi connectivity index (χ3v) is 7.73. The Morgan fingerprint density at radius 3 is 2.53 bits per heavy atom. The Kier molecular flexibility index (Phi) is 4.28. The summed E-state index contributed by atoms with van der Waals surface area (Å²) in [6, 6.07) is 6.12. The summed E-state index contributed by atoms with van der Waals surface area (Å²) in [4.78, 5) is 18.0. The van der Waals surface area contributed by atoms with Crippen LogP contribution in [0.15, 0.2) is 30.9 Å². The summed E-state index contributed by atoms with van der Waals surface area (Å²) in [7, 11) is 1.66. The van der Waals surface area contributed by atoms with Crippen LogP contribution in [0.1, 0.15) is 64.9 Å². The maximum absolute atomic E-state index is 13.8. The molecule has 4 bridgehead atoms. The van der Waals surface area contributed by atoms with E-state index >= 15 is 0 Å². The molecule has 0 radical (unpaired) electrons. The molecule has 1 aromatic carbocycles. The number of amides is 1. The second-order valence-corrected chi connectivity index (χ2v) is 10.9. The average Bonchev–Trinajstić information content (AvgIpc) is 3.22. The van der Waals surface area contributed by atoms with Crippen LogP contribution in [0, 0.1) is 17.3 Å². The number of aromatic nitrogens is 3. The van der Waals surface area contributed by atoms with E-state index in [1.165, 1.54) is 12.0 Å². The molecule has 6 nitrogen and oxygen atoms in total. The number of anilines is 1. The number of rotatable bonds is 4. The quantitative estimate of drug-likeness (QED) is 0.808. The molecule has 4 aliphatic rings. The minimum atomic E-state index is -0.335. The topological polar surface area (TPSA) is 69.0 Å². The molecule has 30 heavy (non-hydrogen) atoms. The number of carbonyl (C=O) groups is 1. The van der Waals surface area contributed by atoms with Crippen LogP contribution in [0.25, 0.3) is 0 Å². The van der Waals surface area contributed by atoms with Crippen molar-refractivity contribution in [1.29, 1.82) is 0 Å². The minimum Gasteiger partial charge on any atom is -0.495 e. The van der Waals surface area contributed by atoms with Gasteiger partial charge in [-0.1, -0.05) is 26.8 Å². The molecule has 160 valence electrons. The van der Waals surface area contributed by atoms with Crippen LogP contribution in [0.2, 0.25) is 0 Å². The average molecular weight is 409 g/mol. The Balaban J connectivity index is 1.47. The predicted molar refractivity (Wildman–Crippen MR) is 115 cm³/mol. The minimum absolute atomic E-state index is 0.00356. The van der Waals surface area contributed by atoms with E-state index in [-0.39, 0.29) is 22.3 Å². The second kappa shape index (κ2) is 6.56. The fourth-order valence-corrected chi connectivity index (χ4v) is 6.73. The number of carbonyl (C=O) groups excluding carboxylic acids is 1. The van der Waals surface area contributed by atoms with Crippen molar-refractivity contribution >= 4 is 11.6 Å². The third-order valence-electron chi connectivity index (χ3n) is 7.73. The van der Waals surface area contributed by atoms with Gasteiger partial charge in [-0.25, -0.2) is 9.67 Å². The van der Waals surface area contributed by atoms with Crippen LogP contribution in [0.3, 0.4) is 0 Å². The van der Waals surface area contributed by atoms with Gasteiger partial charge in [0.2, 0.25) is 5.91 Å². The zero-order valence-electron chi connectivity index (χ0n) is 18.4. The van der Waals surface area contributed by atoms with E-state index in [0.29, 0.717) is 17.6 Å². The highest BCUT2D eigenvalue weighted by Gasteiger charge is 2.61. The predicted octanol–water partition coefficient (Wildman–Crippen LogP) is 4.52. The number of hydrogen-bond donors (Lipinski definition) is 1. The summed E-state index contributed by atoms with van der Waals surface area (Å²) in [5, 5.41) is 7.78. The van der Waals surface area contributed by atoms with Gasteiger partial charge in [-0.3, -0.25) is 4.79 Å². The van der Waals surface area contributed by atoms with Crippen molar-refractivity contribution in [3.05, 3.63) is 36.4 Å². The summed E-state index contributed by atoms with van der Waals surface area (Å²) in [6.07, 6.45) is 9.75. The summed E-state index contributed by atoms with van der Waals surface area (Å²) < 4.78 is 7.62. The Hall–Kier alpha value is -2.37. The molecular weight excluding hydrogens is 376 g/mol. The zero-order chi connectivity index (χ0) is 21.1. The Bertz CT molecular complexity index is 946. The summed E-state index contributed by atoms with van der Waals surface area (Å²) in [6.45, 7) is 6.55. The smallest absolute Gasteiger partial charge is 0.230 e. The lowest BCUT2D eigenvalue weighted by Gasteiger charge is -2.60. The first-order valence-electron chi connectivity index (χ1n) is 11.1. The molecule has 4 saturated carbocycles. The number of benzene rings is 1. The van der Waals surface area contributed by atoms with E-state index in [1.807, 2.05) is 17.1 Å². The van der Waals surface area contributed by atoms with Crippen molar-refractivity contribution in [2.24, 2.45) is 17.3 Å². The van der Waals surface area contributed by atoms with Crippen LogP contribution in [-0.2, 0) is 15.7 Å². The van der Waals surface area contributed by atoms with Gasteiger partial charge in [-0.05, 0) is 73.5 Å². The van der Waals surface area contributed by atoms with Crippen LogP contribution < -0.4 is 10.1 Å². The van der Waals surface area contributed by atoms with Gasteiger partial charge in [-0.2, -0.15) is 5.10 Å². The molecule has 4 aliphatic carbocycles. The van der Waals surface area contributed by atoms with E-state index in [1.54, 1.807) is 13.4 Å². The van der Waals surface area contributed by atoms with Crippen molar-refractivity contribution in [2.75, 3.05) is 12.4 Å². The van der Waals surface area contributed by atoms with E-state index in [2.05, 4.69) is 48.3 Å². The molecular formula is C24H32N4O2. The van der Waals surface area contributed by atoms with Gasteiger partial charge < -0.3 is 10.1 Å². The van der Waals surface area contributed by atoms with Gasteiger partial charge in [0.05, 0.1) is 23.8 Å². The molecule has 0 saturated heterocycles. The summed E-state index contributed by atoms with van der Waals surface area (Å²) in [5.41, 5.74) is 1.57. The van der Waals surface area contributed by atoms with E-state index in [9.17, 15) is 4.79 Å². The second-order valence-electron chi connectivity index (χ2n) is 10.9. The van der Waals surface area contributed by atoms with Crippen molar-refractivity contribution in [3.63, 3.8) is 0 Å². The maximum atomic E-state index is 13.8. The highest BCUT2D eigenvalue weighted by molar-refractivity contribution is 5.97. The molecule has 2 atom stereocenters. The first-order chi connectivity index (χ1) is 14.2. The van der Waals surface area contributed by atoms with E-state index in [4.69, 9.17) is 4.74 Å². The van der Waals surface area contributed by atoms with Crippen molar-refractivity contribution in [1.82, 2.24) is 14.8 Å². The molecule has 2 aromatic rings. The lowest BCUT2D eigenvalue weighted by Crippen LogP contribution is -2.60. The number of nitrogens with zero attached hydrogens (tertiary/aromatic N) is 3. The molecule has 0 aliphatic heterocycles. The summed E-state index contributed by atoms with van der Waals surface area (Å²) >= 11 is 0. The Morgan fingerprint density at radius 2 is 1.93 bits per heavy atom. The van der Waals surface area contributed by atoms with Gasteiger partial charge in [0.15, 0.2) is 0 Å². The third kappa shape index (κ3) is 3.03. The number of methoxy groups -OCH3 is 1. The van der Waals surface area contributed by atoms with Gasteiger partial charge in [-0.15, -0.1) is 0 Å². The molecule has 0 unspecified atom stereocenters. The maximum Gasteiger partial charge on any atom is 0.230 e.